The Hall–Kier alpha value is -2.36. The molecule has 3 rings (SSSR count). The number of benzene rings is 1. The van der Waals surface area contributed by atoms with Gasteiger partial charge in [-0.3, -0.25) is 4.79 Å². The Bertz CT molecular complexity index is 685. The van der Waals surface area contributed by atoms with E-state index in [1.54, 1.807) is 32.4 Å². The fourth-order valence-corrected chi connectivity index (χ4v) is 3.37. The number of aromatic nitrogens is 1. The van der Waals surface area contributed by atoms with Crippen molar-refractivity contribution in [3.63, 3.8) is 0 Å². The fraction of sp³-hybridized carbons (Fsp3) is 0.429. The molecule has 1 aromatic carbocycles. The minimum Gasteiger partial charge on any atom is -0.439 e. The average molecular weight is 338 g/mol. The van der Waals surface area contributed by atoms with Crippen molar-refractivity contribution >= 4 is 5.91 Å². The lowest BCUT2D eigenvalue weighted by Crippen LogP contribution is -2.21. The lowest BCUT2D eigenvalue weighted by atomic mass is 9.92. The van der Waals surface area contributed by atoms with Gasteiger partial charge >= 0.3 is 0 Å². The summed E-state index contributed by atoms with van der Waals surface area (Å²) in [5.74, 6) is 1.90. The summed E-state index contributed by atoms with van der Waals surface area (Å²) in [4.78, 5) is 17.6. The molecule has 0 aliphatic heterocycles. The summed E-state index contributed by atoms with van der Waals surface area (Å²) in [7, 11) is 3.45. The number of hydrogen-bond donors (Lipinski definition) is 0. The van der Waals surface area contributed by atoms with E-state index >= 15 is 0 Å². The molecule has 0 spiro atoms. The SMILES string of the molecule is CN(C)C(=O)c1ccc(Oc2ccc(C3CCCCCC3)cc2)nc1. The third-order valence-corrected chi connectivity index (χ3v) is 4.82. The van der Waals surface area contributed by atoms with Crippen LogP contribution in [0.3, 0.4) is 0 Å². The largest absolute Gasteiger partial charge is 0.439 e. The monoisotopic (exact) mass is 338 g/mol. The number of amides is 1. The van der Waals surface area contributed by atoms with Crippen LogP contribution in [0.2, 0.25) is 0 Å². The van der Waals surface area contributed by atoms with E-state index in [2.05, 4.69) is 17.1 Å². The molecular formula is C21H26N2O2. The summed E-state index contributed by atoms with van der Waals surface area (Å²) in [5.41, 5.74) is 1.97. The van der Waals surface area contributed by atoms with Gasteiger partial charge in [-0.1, -0.05) is 37.8 Å². The van der Waals surface area contributed by atoms with Crippen molar-refractivity contribution in [2.75, 3.05) is 14.1 Å². The average Bonchev–Trinajstić information content (AvgIpc) is 2.92. The molecule has 0 bridgehead atoms. The maximum absolute atomic E-state index is 11.9. The van der Waals surface area contributed by atoms with Gasteiger partial charge < -0.3 is 9.64 Å². The summed E-state index contributed by atoms with van der Waals surface area (Å²) in [5, 5.41) is 0. The number of nitrogens with zero attached hydrogens (tertiary/aromatic N) is 2. The Morgan fingerprint density at radius 3 is 2.24 bits per heavy atom. The summed E-state index contributed by atoms with van der Waals surface area (Å²) < 4.78 is 5.80. The highest BCUT2D eigenvalue weighted by Crippen LogP contribution is 2.32. The van der Waals surface area contributed by atoms with Crippen LogP contribution >= 0.6 is 0 Å². The number of carbonyl (C=O) groups excluding carboxylic acids is 1. The minimum atomic E-state index is -0.0631. The molecule has 1 aliphatic rings. The van der Waals surface area contributed by atoms with Gasteiger partial charge in [-0.25, -0.2) is 4.98 Å². The molecule has 25 heavy (non-hydrogen) atoms. The normalized spacial score (nSPS) is 15.4. The van der Waals surface area contributed by atoms with Crippen LogP contribution in [0.4, 0.5) is 0 Å². The lowest BCUT2D eigenvalue weighted by Gasteiger charge is -2.15. The van der Waals surface area contributed by atoms with Crippen molar-refractivity contribution < 1.29 is 9.53 Å². The van der Waals surface area contributed by atoms with Crippen molar-refractivity contribution in [3.05, 3.63) is 53.7 Å². The van der Waals surface area contributed by atoms with E-state index in [9.17, 15) is 4.79 Å². The van der Waals surface area contributed by atoms with Crippen LogP contribution in [0, 0.1) is 0 Å². The van der Waals surface area contributed by atoms with Gasteiger partial charge in [-0.15, -0.1) is 0 Å². The highest BCUT2D eigenvalue weighted by molar-refractivity contribution is 5.93. The van der Waals surface area contributed by atoms with Crippen molar-refractivity contribution in [1.29, 1.82) is 0 Å². The molecule has 4 nitrogen and oxygen atoms in total. The van der Waals surface area contributed by atoms with E-state index in [0.29, 0.717) is 17.4 Å². The van der Waals surface area contributed by atoms with Crippen LogP contribution in [0.5, 0.6) is 11.6 Å². The number of ether oxygens (including phenoxy) is 1. The molecule has 1 heterocycles. The summed E-state index contributed by atoms with van der Waals surface area (Å²) in [6.45, 7) is 0. The molecule has 1 fully saturated rings. The number of hydrogen-bond acceptors (Lipinski definition) is 3. The van der Waals surface area contributed by atoms with E-state index in [-0.39, 0.29) is 5.91 Å². The van der Waals surface area contributed by atoms with Gasteiger partial charge in [0.1, 0.15) is 5.75 Å². The van der Waals surface area contributed by atoms with Crippen LogP contribution in [0.1, 0.15) is 60.4 Å². The third-order valence-electron chi connectivity index (χ3n) is 4.82. The highest BCUT2D eigenvalue weighted by atomic mass is 16.5. The summed E-state index contributed by atoms with van der Waals surface area (Å²) in [6.07, 6.45) is 9.56. The van der Waals surface area contributed by atoms with Crippen molar-refractivity contribution in [1.82, 2.24) is 9.88 Å². The molecule has 1 aromatic heterocycles. The molecule has 4 heteroatoms. The van der Waals surface area contributed by atoms with E-state index < -0.39 is 0 Å². The number of rotatable bonds is 4. The maximum atomic E-state index is 11.9. The Kier molecular flexibility index (Phi) is 5.69. The van der Waals surface area contributed by atoms with E-state index in [1.165, 1.54) is 49.0 Å². The maximum Gasteiger partial charge on any atom is 0.254 e. The van der Waals surface area contributed by atoms with E-state index in [4.69, 9.17) is 4.74 Å². The highest BCUT2D eigenvalue weighted by Gasteiger charge is 2.14. The Morgan fingerprint density at radius 1 is 1.00 bits per heavy atom. The number of carbonyl (C=O) groups is 1. The van der Waals surface area contributed by atoms with Crippen LogP contribution in [0.25, 0.3) is 0 Å². The molecule has 0 atom stereocenters. The predicted molar refractivity (Wildman–Crippen MR) is 99.2 cm³/mol. The Morgan fingerprint density at radius 2 is 1.68 bits per heavy atom. The summed E-state index contributed by atoms with van der Waals surface area (Å²) in [6, 6.07) is 11.9. The van der Waals surface area contributed by atoms with Gasteiger partial charge in [0.2, 0.25) is 5.88 Å². The van der Waals surface area contributed by atoms with Gasteiger partial charge in [-0.2, -0.15) is 0 Å². The van der Waals surface area contributed by atoms with E-state index in [1.807, 2.05) is 12.1 Å². The van der Waals surface area contributed by atoms with Gasteiger partial charge in [-0.05, 0) is 42.5 Å². The first kappa shape index (κ1) is 17.5. The molecular weight excluding hydrogens is 312 g/mol. The first-order valence-electron chi connectivity index (χ1n) is 9.09. The van der Waals surface area contributed by atoms with Crippen molar-refractivity contribution in [3.8, 4) is 11.6 Å². The second kappa shape index (κ2) is 8.15. The standard InChI is InChI=1S/C21H26N2O2/c1-23(2)21(24)18-11-14-20(22-15-18)25-19-12-9-17(10-13-19)16-7-5-3-4-6-8-16/h9-16H,3-8H2,1-2H3. The molecule has 2 aromatic rings. The van der Waals surface area contributed by atoms with Crippen LogP contribution in [0.15, 0.2) is 42.6 Å². The predicted octanol–water partition coefficient (Wildman–Crippen LogP) is 5.01. The smallest absolute Gasteiger partial charge is 0.254 e. The second-order valence-corrected chi connectivity index (χ2v) is 6.94. The molecule has 1 saturated carbocycles. The first-order valence-corrected chi connectivity index (χ1v) is 9.09. The number of pyridine rings is 1. The lowest BCUT2D eigenvalue weighted by molar-refractivity contribution is 0.0827. The van der Waals surface area contributed by atoms with Crippen LogP contribution < -0.4 is 4.74 Å². The van der Waals surface area contributed by atoms with E-state index in [0.717, 1.165) is 5.75 Å². The molecule has 0 N–H and O–H groups in total. The molecule has 0 unspecified atom stereocenters. The Labute approximate surface area is 149 Å². The zero-order chi connectivity index (χ0) is 17.6. The summed E-state index contributed by atoms with van der Waals surface area (Å²) >= 11 is 0. The first-order chi connectivity index (χ1) is 12.1. The topological polar surface area (TPSA) is 42.4 Å². The minimum absolute atomic E-state index is 0.0631. The Balaban J connectivity index is 1.64. The second-order valence-electron chi connectivity index (χ2n) is 6.94. The van der Waals surface area contributed by atoms with Crippen LogP contribution in [-0.4, -0.2) is 29.9 Å². The zero-order valence-electron chi connectivity index (χ0n) is 15.1. The van der Waals surface area contributed by atoms with Crippen molar-refractivity contribution in [2.24, 2.45) is 0 Å². The molecule has 0 saturated heterocycles. The molecule has 1 amide bonds. The molecule has 132 valence electrons. The quantitative estimate of drug-likeness (QED) is 0.736. The van der Waals surface area contributed by atoms with Crippen LogP contribution in [-0.2, 0) is 0 Å². The third kappa shape index (κ3) is 4.59. The van der Waals surface area contributed by atoms with Gasteiger partial charge in [0, 0.05) is 26.4 Å². The van der Waals surface area contributed by atoms with Crippen molar-refractivity contribution in [2.45, 2.75) is 44.4 Å². The molecule has 1 aliphatic carbocycles. The van der Waals surface area contributed by atoms with Gasteiger partial charge in [0.25, 0.3) is 5.91 Å². The fourth-order valence-electron chi connectivity index (χ4n) is 3.37. The van der Waals surface area contributed by atoms with Gasteiger partial charge in [0.05, 0.1) is 5.56 Å². The van der Waals surface area contributed by atoms with Gasteiger partial charge in [0.15, 0.2) is 0 Å². The zero-order valence-corrected chi connectivity index (χ0v) is 15.1. The molecule has 0 radical (unpaired) electrons.